The molecular weight excluding hydrogens is 358 g/mol. The predicted octanol–water partition coefficient (Wildman–Crippen LogP) is 3.04. The first-order valence-corrected chi connectivity index (χ1v) is 10.4. The van der Waals surface area contributed by atoms with Crippen molar-refractivity contribution in [2.45, 2.75) is 31.6 Å². The number of rotatable bonds is 6. The number of nitrogens with one attached hydrogen (secondary N) is 1. The fraction of sp³-hybridized carbons (Fsp3) is 0.381. The molecule has 27 heavy (non-hydrogen) atoms. The van der Waals surface area contributed by atoms with E-state index >= 15 is 0 Å². The molecule has 1 aliphatic rings. The molecule has 0 atom stereocenters. The second-order valence-corrected chi connectivity index (χ2v) is 7.84. The molecular formula is C21H25N3O2S. The van der Waals surface area contributed by atoms with Gasteiger partial charge in [0.2, 0.25) is 5.91 Å². The maximum Gasteiger partial charge on any atom is 0.253 e. The van der Waals surface area contributed by atoms with Crippen LogP contribution in [0.2, 0.25) is 0 Å². The summed E-state index contributed by atoms with van der Waals surface area (Å²) in [6.07, 6.45) is 4.80. The SMILES string of the molecule is Cc1cccc(CSCC(=O)N2CCC(NC(=O)c3cccnc3)CC2)c1. The van der Waals surface area contributed by atoms with Gasteiger partial charge in [0.05, 0.1) is 11.3 Å². The van der Waals surface area contributed by atoms with Crippen LogP contribution in [0, 0.1) is 6.92 Å². The zero-order chi connectivity index (χ0) is 19.1. The molecule has 142 valence electrons. The molecule has 5 nitrogen and oxygen atoms in total. The number of hydrogen-bond donors (Lipinski definition) is 1. The van der Waals surface area contributed by atoms with Crippen molar-refractivity contribution in [1.29, 1.82) is 0 Å². The minimum atomic E-state index is -0.0958. The highest BCUT2D eigenvalue weighted by atomic mass is 32.2. The van der Waals surface area contributed by atoms with E-state index in [-0.39, 0.29) is 17.9 Å². The van der Waals surface area contributed by atoms with Crippen LogP contribution < -0.4 is 5.32 Å². The van der Waals surface area contributed by atoms with E-state index in [1.54, 1.807) is 36.3 Å². The molecule has 0 unspecified atom stereocenters. The van der Waals surface area contributed by atoms with Crippen molar-refractivity contribution >= 4 is 23.6 Å². The van der Waals surface area contributed by atoms with Gasteiger partial charge in [0, 0.05) is 37.3 Å². The number of piperidine rings is 1. The Hall–Kier alpha value is -2.34. The van der Waals surface area contributed by atoms with Gasteiger partial charge in [-0.2, -0.15) is 0 Å². The number of pyridine rings is 1. The minimum absolute atomic E-state index is 0.0958. The molecule has 6 heteroatoms. The molecule has 1 aromatic carbocycles. The zero-order valence-corrected chi connectivity index (χ0v) is 16.4. The lowest BCUT2D eigenvalue weighted by Gasteiger charge is -2.32. The molecule has 1 fully saturated rings. The van der Waals surface area contributed by atoms with Gasteiger partial charge in [-0.3, -0.25) is 14.6 Å². The Morgan fingerprint density at radius 1 is 1.22 bits per heavy atom. The van der Waals surface area contributed by atoms with Crippen LogP contribution in [0.15, 0.2) is 48.8 Å². The van der Waals surface area contributed by atoms with Gasteiger partial charge in [0.1, 0.15) is 0 Å². The van der Waals surface area contributed by atoms with Crippen molar-refractivity contribution in [2.24, 2.45) is 0 Å². The molecule has 1 aromatic heterocycles. The number of thioether (sulfide) groups is 1. The van der Waals surface area contributed by atoms with Crippen LogP contribution in [0.4, 0.5) is 0 Å². The van der Waals surface area contributed by atoms with Crippen molar-refractivity contribution in [3.63, 3.8) is 0 Å². The van der Waals surface area contributed by atoms with Crippen molar-refractivity contribution in [3.05, 3.63) is 65.5 Å². The first kappa shape index (κ1) is 19.4. The van der Waals surface area contributed by atoms with Gasteiger partial charge in [-0.05, 0) is 37.5 Å². The molecule has 0 radical (unpaired) electrons. The molecule has 2 heterocycles. The minimum Gasteiger partial charge on any atom is -0.349 e. The van der Waals surface area contributed by atoms with Crippen molar-refractivity contribution in [1.82, 2.24) is 15.2 Å². The van der Waals surface area contributed by atoms with Crippen molar-refractivity contribution < 1.29 is 9.59 Å². The topological polar surface area (TPSA) is 62.3 Å². The van der Waals surface area contributed by atoms with Gasteiger partial charge in [0.25, 0.3) is 5.91 Å². The maximum atomic E-state index is 12.4. The maximum absolute atomic E-state index is 12.4. The van der Waals surface area contributed by atoms with E-state index in [1.807, 2.05) is 4.90 Å². The summed E-state index contributed by atoms with van der Waals surface area (Å²) in [5, 5.41) is 3.04. The normalized spacial score (nSPS) is 14.8. The number of carbonyl (C=O) groups is 2. The van der Waals surface area contributed by atoms with E-state index in [0.29, 0.717) is 24.4 Å². The second kappa shape index (κ2) is 9.55. The fourth-order valence-corrected chi connectivity index (χ4v) is 4.06. The van der Waals surface area contributed by atoms with E-state index in [0.717, 1.165) is 18.6 Å². The van der Waals surface area contributed by atoms with Crippen LogP contribution in [0.5, 0.6) is 0 Å². The first-order valence-electron chi connectivity index (χ1n) is 9.24. The lowest BCUT2D eigenvalue weighted by molar-refractivity contribution is -0.129. The molecule has 0 aliphatic carbocycles. The number of benzene rings is 1. The van der Waals surface area contributed by atoms with E-state index in [1.165, 1.54) is 11.1 Å². The van der Waals surface area contributed by atoms with Crippen LogP contribution in [-0.4, -0.2) is 46.6 Å². The van der Waals surface area contributed by atoms with Crippen molar-refractivity contribution in [2.75, 3.05) is 18.8 Å². The molecule has 3 rings (SSSR count). The third kappa shape index (κ3) is 5.82. The standard InChI is InChI=1S/C21H25N3O2S/c1-16-4-2-5-17(12-16)14-27-15-20(25)24-10-7-19(8-11-24)23-21(26)18-6-3-9-22-13-18/h2-6,9,12-13,19H,7-8,10-11,14-15H2,1H3,(H,23,26). The highest BCUT2D eigenvalue weighted by molar-refractivity contribution is 7.99. The highest BCUT2D eigenvalue weighted by Gasteiger charge is 2.24. The first-order chi connectivity index (χ1) is 13.1. The largest absolute Gasteiger partial charge is 0.349 e. The number of aromatic nitrogens is 1. The third-order valence-electron chi connectivity index (χ3n) is 4.68. The van der Waals surface area contributed by atoms with Gasteiger partial charge < -0.3 is 10.2 Å². The summed E-state index contributed by atoms with van der Waals surface area (Å²) in [6, 6.07) is 12.0. The number of nitrogens with zero attached hydrogens (tertiary/aromatic N) is 2. The Bertz CT molecular complexity index is 774. The summed E-state index contributed by atoms with van der Waals surface area (Å²) in [5.41, 5.74) is 3.07. The summed E-state index contributed by atoms with van der Waals surface area (Å²) >= 11 is 1.66. The fourth-order valence-electron chi connectivity index (χ4n) is 3.19. The average Bonchev–Trinajstić information content (AvgIpc) is 2.69. The van der Waals surface area contributed by atoms with E-state index in [4.69, 9.17) is 0 Å². The Kier molecular flexibility index (Phi) is 6.87. The van der Waals surface area contributed by atoms with Crippen LogP contribution in [-0.2, 0) is 10.5 Å². The van der Waals surface area contributed by atoms with E-state index in [9.17, 15) is 9.59 Å². The van der Waals surface area contributed by atoms with Crippen LogP contribution in [0.3, 0.4) is 0 Å². The van der Waals surface area contributed by atoms with Crippen LogP contribution >= 0.6 is 11.8 Å². The zero-order valence-electron chi connectivity index (χ0n) is 15.6. The lowest BCUT2D eigenvalue weighted by Crippen LogP contribution is -2.47. The highest BCUT2D eigenvalue weighted by Crippen LogP contribution is 2.16. The summed E-state index contributed by atoms with van der Waals surface area (Å²) in [6.45, 7) is 3.47. The Labute approximate surface area is 164 Å². The van der Waals surface area contributed by atoms with Gasteiger partial charge >= 0.3 is 0 Å². The van der Waals surface area contributed by atoms with E-state index < -0.39 is 0 Å². The second-order valence-electron chi connectivity index (χ2n) is 6.85. The summed E-state index contributed by atoms with van der Waals surface area (Å²) in [4.78, 5) is 30.5. The molecule has 0 spiro atoms. The van der Waals surface area contributed by atoms with E-state index in [2.05, 4.69) is 41.5 Å². The summed E-state index contributed by atoms with van der Waals surface area (Å²) < 4.78 is 0. The molecule has 2 aromatic rings. The van der Waals surface area contributed by atoms with Crippen LogP contribution in [0.25, 0.3) is 0 Å². The number of hydrogen-bond acceptors (Lipinski definition) is 4. The van der Waals surface area contributed by atoms with Crippen molar-refractivity contribution in [3.8, 4) is 0 Å². The number of aryl methyl sites for hydroxylation is 1. The third-order valence-corrected chi connectivity index (χ3v) is 5.67. The molecule has 0 saturated carbocycles. The average molecular weight is 384 g/mol. The Morgan fingerprint density at radius 3 is 2.74 bits per heavy atom. The number of likely N-dealkylation sites (tertiary alicyclic amines) is 1. The molecule has 1 N–H and O–H groups in total. The van der Waals surface area contributed by atoms with Gasteiger partial charge in [-0.25, -0.2) is 0 Å². The Morgan fingerprint density at radius 2 is 2.04 bits per heavy atom. The predicted molar refractivity (Wildman–Crippen MR) is 109 cm³/mol. The van der Waals surface area contributed by atoms with Gasteiger partial charge in [0.15, 0.2) is 0 Å². The van der Waals surface area contributed by atoms with Crippen LogP contribution in [0.1, 0.15) is 34.3 Å². The molecule has 1 aliphatic heterocycles. The quantitative estimate of drug-likeness (QED) is 0.833. The summed E-state index contributed by atoms with van der Waals surface area (Å²) in [7, 11) is 0. The van der Waals surface area contributed by atoms with Gasteiger partial charge in [-0.15, -0.1) is 11.8 Å². The molecule has 0 bridgehead atoms. The molecule has 2 amide bonds. The lowest BCUT2D eigenvalue weighted by atomic mass is 10.0. The van der Waals surface area contributed by atoms with Gasteiger partial charge in [-0.1, -0.05) is 29.8 Å². The smallest absolute Gasteiger partial charge is 0.253 e. The Balaban J connectivity index is 1.38. The monoisotopic (exact) mass is 383 g/mol. The number of amides is 2. The number of carbonyl (C=O) groups excluding carboxylic acids is 2. The molecule has 1 saturated heterocycles. The summed E-state index contributed by atoms with van der Waals surface area (Å²) in [5.74, 6) is 1.44.